The van der Waals surface area contributed by atoms with Crippen molar-refractivity contribution < 1.29 is 19.4 Å². The summed E-state index contributed by atoms with van der Waals surface area (Å²) < 4.78 is 5.73. The number of fused-ring (bicyclic) bond motifs is 1. The van der Waals surface area contributed by atoms with Crippen LogP contribution in [0, 0.1) is 0 Å². The lowest BCUT2D eigenvalue weighted by Gasteiger charge is -2.25. The Kier molecular flexibility index (Phi) is 5.19. The molecule has 1 amide bonds. The summed E-state index contributed by atoms with van der Waals surface area (Å²) in [5.74, 6) is -0.526. The van der Waals surface area contributed by atoms with Gasteiger partial charge >= 0.3 is 0 Å². The number of likely N-dealkylation sites (tertiary alicyclic amines) is 1. The molecule has 4 rings (SSSR count). The van der Waals surface area contributed by atoms with E-state index < -0.39 is 17.7 Å². The number of Topliss-reactive ketones (excluding diaryl/α,β-unsaturated/α-hetero) is 1. The van der Waals surface area contributed by atoms with E-state index in [0.717, 1.165) is 22.6 Å². The second-order valence-electron chi connectivity index (χ2n) is 7.77. The van der Waals surface area contributed by atoms with Gasteiger partial charge in [0.25, 0.3) is 11.7 Å². The summed E-state index contributed by atoms with van der Waals surface area (Å²) in [6.45, 7) is 3.03. The van der Waals surface area contributed by atoms with Crippen LogP contribution in [0.15, 0.2) is 41.3 Å². The van der Waals surface area contributed by atoms with Crippen molar-refractivity contribution >= 4 is 28.8 Å². The number of thiophene rings is 1. The molecule has 1 aromatic carbocycles. The molecule has 2 atom stereocenters. The number of hydrogen-bond donors (Lipinski definition) is 1. The molecule has 0 saturated carbocycles. The fourth-order valence-electron chi connectivity index (χ4n) is 3.89. The fraction of sp³-hybridized carbons (Fsp3) is 0.364. The van der Waals surface area contributed by atoms with E-state index in [0.29, 0.717) is 18.7 Å². The van der Waals surface area contributed by atoms with Crippen LogP contribution in [0.1, 0.15) is 29.0 Å². The molecule has 0 bridgehead atoms. The van der Waals surface area contributed by atoms with Crippen LogP contribution in [0.25, 0.3) is 5.76 Å². The van der Waals surface area contributed by atoms with Crippen molar-refractivity contribution in [1.29, 1.82) is 0 Å². The van der Waals surface area contributed by atoms with E-state index in [1.165, 1.54) is 11.3 Å². The number of nitrogens with zero attached hydrogens (tertiary/aromatic N) is 2. The molecular weight excluding hydrogens is 388 g/mol. The third-order valence-electron chi connectivity index (χ3n) is 5.31. The molecule has 0 aliphatic carbocycles. The molecule has 3 heterocycles. The number of likely N-dealkylation sites (N-methyl/N-ethyl adjacent to an activating group) is 1. The smallest absolute Gasteiger partial charge is 0.295 e. The number of benzene rings is 1. The molecule has 2 aromatic rings. The maximum atomic E-state index is 12.9. The number of aliphatic hydroxyl groups is 1. The van der Waals surface area contributed by atoms with E-state index in [1.54, 1.807) is 11.0 Å². The standard InChI is InChI=1S/C22H24N2O4S/c1-13-11-15-12-14(6-7-16(15)28-13)20(25)18-19(17-5-4-10-29-17)24(9-8-23(2)3)22(27)21(18)26/h4-7,10,12-13,19,25H,8-9,11H2,1-3H3/b20-18-. The topological polar surface area (TPSA) is 70.1 Å². The van der Waals surface area contributed by atoms with E-state index in [2.05, 4.69) is 0 Å². The van der Waals surface area contributed by atoms with E-state index in [1.807, 2.05) is 55.6 Å². The fourth-order valence-corrected chi connectivity index (χ4v) is 4.73. The molecule has 1 fully saturated rings. The van der Waals surface area contributed by atoms with Crippen LogP contribution >= 0.6 is 11.3 Å². The van der Waals surface area contributed by atoms with Gasteiger partial charge in [-0.1, -0.05) is 6.07 Å². The van der Waals surface area contributed by atoms with Gasteiger partial charge in [0.2, 0.25) is 0 Å². The summed E-state index contributed by atoms with van der Waals surface area (Å²) in [6.07, 6.45) is 0.840. The monoisotopic (exact) mass is 412 g/mol. The van der Waals surface area contributed by atoms with Gasteiger partial charge in [0, 0.05) is 30.0 Å². The predicted octanol–water partition coefficient (Wildman–Crippen LogP) is 3.05. The van der Waals surface area contributed by atoms with Crippen molar-refractivity contribution in [2.45, 2.75) is 25.5 Å². The number of aliphatic hydroxyl groups excluding tert-OH is 1. The third-order valence-corrected chi connectivity index (χ3v) is 6.23. The van der Waals surface area contributed by atoms with E-state index in [9.17, 15) is 14.7 Å². The zero-order valence-electron chi connectivity index (χ0n) is 16.7. The average molecular weight is 413 g/mol. The van der Waals surface area contributed by atoms with Crippen LogP contribution < -0.4 is 4.74 Å². The van der Waals surface area contributed by atoms with Crippen LogP contribution in [-0.4, -0.2) is 59.9 Å². The molecule has 152 valence electrons. The molecule has 2 unspecified atom stereocenters. The maximum Gasteiger partial charge on any atom is 0.295 e. The van der Waals surface area contributed by atoms with Gasteiger partial charge in [-0.2, -0.15) is 0 Å². The van der Waals surface area contributed by atoms with Crippen molar-refractivity contribution in [1.82, 2.24) is 9.80 Å². The minimum Gasteiger partial charge on any atom is -0.507 e. The Morgan fingerprint density at radius 1 is 1.31 bits per heavy atom. The number of hydrogen-bond acceptors (Lipinski definition) is 6. The van der Waals surface area contributed by atoms with Crippen LogP contribution in [0.4, 0.5) is 0 Å². The van der Waals surface area contributed by atoms with Crippen LogP contribution in [0.2, 0.25) is 0 Å². The molecule has 1 N–H and O–H groups in total. The van der Waals surface area contributed by atoms with Gasteiger partial charge in [0.05, 0.1) is 11.6 Å². The molecule has 2 aliphatic rings. The summed E-state index contributed by atoms with van der Waals surface area (Å²) in [6, 6.07) is 8.63. The number of rotatable bonds is 5. The molecule has 1 saturated heterocycles. The van der Waals surface area contributed by atoms with Crippen molar-refractivity contribution in [2.24, 2.45) is 0 Å². The van der Waals surface area contributed by atoms with Crippen LogP contribution in [-0.2, 0) is 16.0 Å². The Hall–Kier alpha value is -2.64. The summed E-state index contributed by atoms with van der Waals surface area (Å²) in [5.41, 5.74) is 1.69. The predicted molar refractivity (Wildman–Crippen MR) is 112 cm³/mol. The lowest BCUT2D eigenvalue weighted by atomic mass is 9.98. The zero-order valence-corrected chi connectivity index (χ0v) is 17.5. The number of carbonyl (C=O) groups excluding carboxylic acids is 2. The molecule has 29 heavy (non-hydrogen) atoms. The van der Waals surface area contributed by atoms with Gasteiger partial charge in [0.1, 0.15) is 17.6 Å². The summed E-state index contributed by atoms with van der Waals surface area (Å²) in [4.78, 5) is 30.1. The summed E-state index contributed by atoms with van der Waals surface area (Å²) in [7, 11) is 3.84. The van der Waals surface area contributed by atoms with Crippen LogP contribution in [0.3, 0.4) is 0 Å². The first-order valence-electron chi connectivity index (χ1n) is 9.63. The molecule has 1 aromatic heterocycles. The first-order chi connectivity index (χ1) is 13.9. The highest BCUT2D eigenvalue weighted by Crippen LogP contribution is 2.41. The molecule has 0 spiro atoms. The molecule has 2 aliphatic heterocycles. The van der Waals surface area contributed by atoms with Crippen molar-refractivity contribution in [3.05, 3.63) is 57.3 Å². The Morgan fingerprint density at radius 3 is 2.79 bits per heavy atom. The third kappa shape index (κ3) is 3.56. The Labute approximate surface area is 174 Å². The van der Waals surface area contributed by atoms with Gasteiger partial charge in [-0.05, 0) is 56.2 Å². The highest BCUT2D eigenvalue weighted by atomic mass is 32.1. The van der Waals surface area contributed by atoms with E-state index in [4.69, 9.17) is 4.74 Å². The largest absolute Gasteiger partial charge is 0.507 e. The summed E-state index contributed by atoms with van der Waals surface area (Å²) in [5, 5.41) is 13.0. The highest BCUT2D eigenvalue weighted by molar-refractivity contribution is 7.10. The van der Waals surface area contributed by atoms with Crippen LogP contribution in [0.5, 0.6) is 5.75 Å². The van der Waals surface area contributed by atoms with Crippen molar-refractivity contribution in [3.63, 3.8) is 0 Å². The number of amides is 1. The Morgan fingerprint density at radius 2 is 2.10 bits per heavy atom. The molecule has 7 heteroatoms. The Balaban J connectivity index is 1.78. The average Bonchev–Trinajstić information content (AvgIpc) is 3.38. The second-order valence-corrected chi connectivity index (χ2v) is 8.75. The molecule has 6 nitrogen and oxygen atoms in total. The van der Waals surface area contributed by atoms with E-state index in [-0.39, 0.29) is 17.4 Å². The quantitative estimate of drug-likeness (QED) is 0.464. The first-order valence-corrected chi connectivity index (χ1v) is 10.5. The number of ketones is 1. The van der Waals surface area contributed by atoms with Gasteiger partial charge in [-0.3, -0.25) is 9.59 Å². The second kappa shape index (κ2) is 7.65. The molecular formula is C22H24N2O4S. The highest BCUT2D eigenvalue weighted by Gasteiger charge is 2.46. The maximum absolute atomic E-state index is 12.9. The molecule has 0 radical (unpaired) electrons. The number of carbonyl (C=O) groups is 2. The minimum absolute atomic E-state index is 0.0881. The van der Waals surface area contributed by atoms with Gasteiger partial charge in [-0.15, -0.1) is 11.3 Å². The normalized spacial score (nSPS) is 23.0. The Bertz CT molecular complexity index is 981. The van der Waals surface area contributed by atoms with Gasteiger partial charge < -0.3 is 19.6 Å². The van der Waals surface area contributed by atoms with E-state index >= 15 is 0 Å². The van der Waals surface area contributed by atoms with Crippen molar-refractivity contribution in [2.75, 3.05) is 27.2 Å². The lowest BCUT2D eigenvalue weighted by Crippen LogP contribution is -2.35. The zero-order chi connectivity index (χ0) is 20.7. The minimum atomic E-state index is -0.634. The van der Waals surface area contributed by atoms with Crippen molar-refractivity contribution in [3.8, 4) is 5.75 Å². The SMILES string of the molecule is CC1Cc2cc(/C(O)=C3/C(=O)C(=O)N(CCN(C)C)C3c3cccs3)ccc2O1. The summed E-state index contributed by atoms with van der Waals surface area (Å²) >= 11 is 1.47. The number of ether oxygens (including phenoxy) is 1. The lowest BCUT2D eigenvalue weighted by molar-refractivity contribution is -0.140. The van der Waals surface area contributed by atoms with Gasteiger partial charge in [-0.25, -0.2) is 0 Å². The first kappa shape index (κ1) is 19.7. The van der Waals surface area contributed by atoms with Gasteiger partial charge in [0.15, 0.2) is 0 Å².